The molecule has 0 aliphatic heterocycles. The van der Waals surface area contributed by atoms with E-state index in [0.717, 1.165) is 4.57 Å². The van der Waals surface area contributed by atoms with Crippen LogP contribution in [0.3, 0.4) is 0 Å². The standard InChI is InChI=1S/C18H30N8O3/c1-11(2)9-25-13(20-19)7-14(23(5)17(25)28)21-22-15-8-16(27)24(6)18(29)26(15)10-12(3)4/h7-8,11-12,20,22H,9-10,19H2,1-6H3. The van der Waals surface area contributed by atoms with Crippen molar-refractivity contribution in [1.29, 1.82) is 0 Å². The van der Waals surface area contributed by atoms with Gasteiger partial charge in [0.25, 0.3) is 5.56 Å². The number of nitrogens with two attached hydrogens (primary N) is 1. The number of nitrogens with one attached hydrogen (secondary N) is 2. The van der Waals surface area contributed by atoms with Gasteiger partial charge < -0.3 is 5.43 Å². The summed E-state index contributed by atoms with van der Waals surface area (Å²) < 4.78 is 5.37. The molecule has 0 saturated heterocycles. The first kappa shape index (κ1) is 22.2. The van der Waals surface area contributed by atoms with Gasteiger partial charge in [0.15, 0.2) is 5.49 Å². The van der Waals surface area contributed by atoms with Gasteiger partial charge in [-0.2, -0.15) is 5.10 Å². The topological polar surface area (TPSA) is 133 Å². The van der Waals surface area contributed by atoms with E-state index in [0.29, 0.717) is 18.9 Å². The zero-order chi connectivity index (χ0) is 21.9. The summed E-state index contributed by atoms with van der Waals surface area (Å²) in [4.78, 5) is 37.3. The Bertz CT molecular complexity index is 1120. The van der Waals surface area contributed by atoms with Crippen molar-refractivity contribution in [1.82, 2.24) is 18.3 Å². The summed E-state index contributed by atoms with van der Waals surface area (Å²) in [6.07, 6.45) is 0. The van der Waals surface area contributed by atoms with Crippen LogP contribution in [-0.2, 0) is 27.2 Å². The number of nitrogens with zero attached hydrogens (tertiary/aromatic N) is 5. The molecule has 0 fully saturated rings. The summed E-state index contributed by atoms with van der Waals surface area (Å²) in [6, 6.07) is 2.91. The Morgan fingerprint density at radius 1 is 0.897 bits per heavy atom. The minimum absolute atomic E-state index is 0.176. The SMILES string of the molecule is CC(C)Cn1c(NN=c2cc(NN)n(CC(C)C)c(=O)n2C)cc(=O)n(C)c1=O. The molecule has 0 radical (unpaired) electrons. The van der Waals surface area contributed by atoms with Crippen LogP contribution in [0.5, 0.6) is 0 Å². The van der Waals surface area contributed by atoms with Crippen LogP contribution in [0.15, 0.2) is 31.6 Å². The van der Waals surface area contributed by atoms with Crippen molar-refractivity contribution < 1.29 is 0 Å². The van der Waals surface area contributed by atoms with Gasteiger partial charge in [-0.1, -0.05) is 27.7 Å². The number of hydrogen-bond donors (Lipinski definition) is 3. The summed E-state index contributed by atoms with van der Waals surface area (Å²) in [5, 5.41) is 4.24. The minimum Gasteiger partial charge on any atom is -0.310 e. The van der Waals surface area contributed by atoms with E-state index in [1.807, 2.05) is 27.7 Å². The molecule has 0 amide bonds. The number of anilines is 2. The van der Waals surface area contributed by atoms with Crippen LogP contribution in [-0.4, -0.2) is 18.3 Å². The fourth-order valence-electron chi connectivity index (χ4n) is 2.87. The van der Waals surface area contributed by atoms with E-state index in [1.54, 1.807) is 13.1 Å². The van der Waals surface area contributed by atoms with Crippen LogP contribution in [0.4, 0.5) is 11.6 Å². The largest absolute Gasteiger partial charge is 0.332 e. The summed E-state index contributed by atoms with van der Waals surface area (Å²) in [7, 11) is 3.02. The van der Waals surface area contributed by atoms with Crippen molar-refractivity contribution >= 4 is 11.6 Å². The quantitative estimate of drug-likeness (QED) is 0.422. The third kappa shape index (κ3) is 4.86. The van der Waals surface area contributed by atoms with E-state index in [4.69, 9.17) is 5.84 Å². The molecule has 2 heterocycles. The van der Waals surface area contributed by atoms with Crippen LogP contribution < -0.4 is 39.1 Å². The van der Waals surface area contributed by atoms with Crippen molar-refractivity contribution in [2.45, 2.75) is 40.8 Å². The molecule has 0 saturated carbocycles. The van der Waals surface area contributed by atoms with E-state index in [2.05, 4.69) is 16.0 Å². The highest BCUT2D eigenvalue weighted by molar-refractivity contribution is 5.34. The second-order valence-electron chi connectivity index (χ2n) is 7.82. The summed E-state index contributed by atoms with van der Waals surface area (Å²) in [5.74, 6) is 6.66. The first-order valence-corrected chi connectivity index (χ1v) is 9.44. The molecule has 0 spiro atoms. The van der Waals surface area contributed by atoms with Crippen molar-refractivity contribution in [3.63, 3.8) is 0 Å². The molecule has 0 bridgehead atoms. The van der Waals surface area contributed by atoms with Crippen molar-refractivity contribution in [2.24, 2.45) is 36.9 Å². The summed E-state index contributed by atoms with van der Waals surface area (Å²) in [5.41, 5.74) is 4.39. The molecule has 0 unspecified atom stereocenters. The maximum atomic E-state index is 12.7. The zero-order valence-electron chi connectivity index (χ0n) is 17.8. The van der Waals surface area contributed by atoms with E-state index < -0.39 is 11.2 Å². The third-order valence-electron chi connectivity index (χ3n) is 4.35. The lowest BCUT2D eigenvalue weighted by atomic mass is 10.2. The lowest BCUT2D eigenvalue weighted by Crippen LogP contribution is -2.41. The zero-order valence-corrected chi connectivity index (χ0v) is 17.8. The van der Waals surface area contributed by atoms with Gasteiger partial charge in [-0.25, -0.2) is 15.4 Å². The molecule has 0 aliphatic carbocycles. The average Bonchev–Trinajstić information content (AvgIpc) is 2.65. The van der Waals surface area contributed by atoms with Crippen LogP contribution >= 0.6 is 0 Å². The Labute approximate surface area is 168 Å². The molecule has 29 heavy (non-hydrogen) atoms. The second kappa shape index (κ2) is 8.95. The molecule has 160 valence electrons. The first-order valence-electron chi connectivity index (χ1n) is 9.44. The highest BCUT2D eigenvalue weighted by Gasteiger charge is 2.12. The molecule has 0 aliphatic rings. The van der Waals surface area contributed by atoms with Crippen molar-refractivity contribution in [2.75, 3.05) is 10.9 Å². The highest BCUT2D eigenvalue weighted by atomic mass is 16.2. The van der Waals surface area contributed by atoms with Crippen LogP contribution in [0.25, 0.3) is 0 Å². The predicted molar refractivity (Wildman–Crippen MR) is 112 cm³/mol. The van der Waals surface area contributed by atoms with E-state index in [9.17, 15) is 14.4 Å². The molecule has 11 heteroatoms. The van der Waals surface area contributed by atoms with Gasteiger partial charge in [0.2, 0.25) is 0 Å². The van der Waals surface area contributed by atoms with Gasteiger partial charge in [0.05, 0.1) is 0 Å². The number of rotatable bonds is 7. The third-order valence-corrected chi connectivity index (χ3v) is 4.35. The van der Waals surface area contributed by atoms with Crippen molar-refractivity contribution in [3.8, 4) is 0 Å². The maximum Gasteiger partial charge on any atom is 0.332 e. The monoisotopic (exact) mass is 406 g/mol. The Kier molecular flexibility index (Phi) is 6.85. The van der Waals surface area contributed by atoms with Crippen molar-refractivity contribution in [3.05, 3.63) is 48.9 Å². The Morgan fingerprint density at radius 3 is 1.93 bits per heavy atom. The van der Waals surface area contributed by atoms with Gasteiger partial charge in [-0.05, 0) is 11.8 Å². The Morgan fingerprint density at radius 2 is 1.41 bits per heavy atom. The van der Waals surface area contributed by atoms with E-state index >= 15 is 0 Å². The van der Waals surface area contributed by atoms with Crippen LogP contribution in [0.2, 0.25) is 0 Å². The second-order valence-corrected chi connectivity index (χ2v) is 7.82. The first-order chi connectivity index (χ1) is 13.6. The summed E-state index contributed by atoms with van der Waals surface area (Å²) in [6.45, 7) is 8.82. The van der Waals surface area contributed by atoms with Gasteiger partial charge in [0.1, 0.15) is 11.6 Å². The number of hydrogen-bond acceptors (Lipinski definition) is 7. The van der Waals surface area contributed by atoms with Gasteiger partial charge in [-0.3, -0.25) is 28.5 Å². The number of nitrogen functional groups attached to an aromatic ring is 1. The molecule has 11 nitrogen and oxygen atoms in total. The molecular weight excluding hydrogens is 376 g/mol. The fourth-order valence-corrected chi connectivity index (χ4v) is 2.87. The number of aromatic nitrogens is 4. The molecule has 2 aromatic rings. The van der Waals surface area contributed by atoms with E-state index in [1.165, 1.54) is 26.8 Å². The van der Waals surface area contributed by atoms with Gasteiger partial charge in [-0.15, -0.1) is 0 Å². The maximum absolute atomic E-state index is 12.7. The molecule has 0 aromatic carbocycles. The van der Waals surface area contributed by atoms with Crippen LogP contribution in [0.1, 0.15) is 27.7 Å². The van der Waals surface area contributed by atoms with E-state index in [-0.39, 0.29) is 28.8 Å². The summed E-state index contributed by atoms with van der Waals surface area (Å²) >= 11 is 0. The smallest absolute Gasteiger partial charge is 0.310 e. The number of hydrazine groups is 1. The lowest BCUT2D eigenvalue weighted by Gasteiger charge is -2.17. The normalized spacial score (nSPS) is 12.1. The highest BCUT2D eigenvalue weighted by Crippen LogP contribution is 2.06. The average molecular weight is 406 g/mol. The molecular formula is C18H30N8O3. The lowest BCUT2D eigenvalue weighted by molar-refractivity contribution is 0.488. The molecule has 0 atom stereocenters. The predicted octanol–water partition coefficient (Wildman–Crippen LogP) is -0.427. The molecule has 2 aromatic heterocycles. The van der Waals surface area contributed by atoms with Gasteiger partial charge in [0, 0.05) is 39.3 Å². The Hall–Kier alpha value is -3.08. The molecule has 4 N–H and O–H groups in total. The minimum atomic E-state index is -0.450. The van der Waals surface area contributed by atoms with Crippen LogP contribution in [0, 0.1) is 11.8 Å². The fraction of sp³-hybridized carbons (Fsp3) is 0.556. The van der Waals surface area contributed by atoms with Gasteiger partial charge >= 0.3 is 11.4 Å². The molecule has 2 rings (SSSR count). The Balaban J connectivity index is 2.60.